The zero-order chi connectivity index (χ0) is 20.5. The fourth-order valence-electron chi connectivity index (χ4n) is 2.87. The van der Waals surface area contributed by atoms with Crippen LogP contribution in [-0.2, 0) is 0 Å². The van der Waals surface area contributed by atoms with Gasteiger partial charge in [-0.1, -0.05) is 12.1 Å². The van der Waals surface area contributed by atoms with Crippen LogP contribution in [0.4, 0.5) is 22.2 Å². The molecule has 0 bridgehead atoms. The smallest absolute Gasteiger partial charge is 0.346 e. The second-order valence-corrected chi connectivity index (χ2v) is 7.36. The number of non-ortho nitro benzene ring substituents is 1. The first-order chi connectivity index (χ1) is 13.9. The van der Waals surface area contributed by atoms with Crippen LogP contribution in [0.15, 0.2) is 63.1 Å². The minimum atomic E-state index is -0.668. The molecule has 0 unspecified atom stereocenters. The average Bonchev–Trinajstić information content (AvgIpc) is 3.15. The number of nitrogens with one attached hydrogen (secondary N) is 1. The van der Waals surface area contributed by atoms with E-state index in [9.17, 15) is 14.9 Å². The van der Waals surface area contributed by atoms with Gasteiger partial charge in [0.15, 0.2) is 5.13 Å². The maximum atomic E-state index is 12.4. The van der Waals surface area contributed by atoms with Crippen LogP contribution in [0.1, 0.15) is 0 Å². The number of hydrogen-bond acceptors (Lipinski definition) is 8. The number of fused-ring (bicyclic) bond motifs is 1. The molecular weight excluding hydrogens is 392 g/mol. The summed E-state index contributed by atoms with van der Waals surface area (Å²) in [6.45, 7) is 0. The van der Waals surface area contributed by atoms with Crippen molar-refractivity contribution in [2.75, 3.05) is 24.3 Å². The minimum absolute atomic E-state index is 0.0409. The summed E-state index contributed by atoms with van der Waals surface area (Å²) < 4.78 is 5.25. The molecule has 4 aromatic rings. The van der Waals surface area contributed by atoms with Crippen molar-refractivity contribution in [2.45, 2.75) is 0 Å². The number of nitro groups is 1. The van der Waals surface area contributed by atoms with Gasteiger partial charge in [0.25, 0.3) is 0 Å². The number of aromatic nitrogens is 1. The van der Waals surface area contributed by atoms with Gasteiger partial charge < -0.3 is 14.6 Å². The Balaban J connectivity index is 1.65. The molecular formula is C20H16N4O4S. The average molecular weight is 408 g/mol. The monoisotopic (exact) mass is 408 g/mol. The maximum Gasteiger partial charge on any atom is 0.346 e. The van der Waals surface area contributed by atoms with E-state index in [1.54, 1.807) is 23.6 Å². The third kappa shape index (κ3) is 3.67. The number of nitro benzene ring substituents is 1. The number of benzene rings is 2. The number of para-hydroxylation sites is 1. The van der Waals surface area contributed by atoms with Crippen LogP contribution in [0.5, 0.6) is 0 Å². The zero-order valence-corrected chi connectivity index (χ0v) is 16.4. The Kier molecular flexibility index (Phi) is 4.73. The molecule has 4 rings (SSSR count). The highest BCUT2D eigenvalue weighted by Gasteiger charge is 2.18. The van der Waals surface area contributed by atoms with E-state index in [0.717, 1.165) is 11.4 Å². The summed E-state index contributed by atoms with van der Waals surface area (Å²) in [5.74, 6) is 0. The number of rotatable bonds is 5. The lowest BCUT2D eigenvalue weighted by atomic mass is 10.1. The summed E-state index contributed by atoms with van der Waals surface area (Å²) in [6, 6.07) is 13.9. The van der Waals surface area contributed by atoms with E-state index < -0.39 is 10.5 Å². The third-order valence-electron chi connectivity index (χ3n) is 4.35. The van der Waals surface area contributed by atoms with Gasteiger partial charge in [-0.15, -0.1) is 11.3 Å². The molecule has 0 amide bonds. The van der Waals surface area contributed by atoms with Crippen LogP contribution in [-0.4, -0.2) is 24.0 Å². The summed E-state index contributed by atoms with van der Waals surface area (Å²) in [5.41, 5.74) is 1.71. The molecule has 0 fully saturated rings. The lowest BCUT2D eigenvalue weighted by molar-refractivity contribution is -0.383. The Morgan fingerprint density at radius 3 is 2.62 bits per heavy atom. The lowest BCUT2D eigenvalue weighted by Gasteiger charge is -2.12. The van der Waals surface area contributed by atoms with Crippen LogP contribution in [0.2, 0.25) is 0 Å². The molecule has 29 heavy (non-hydrogen) atoms. The molecule has 8 nitrogen and oxygen atoms in total. The van der Waals surface area contributed by atoms with Crippen molar-refractivity contribution in [1.29, 1.82) is 0 Å². The molecule has 2 aromatic heterocycles. The molecule has 1 N–H and O–H groups in total. The van der Waals surface area contributed by atoms with Crippen molar-refractivity contribution in [3.05, 3.63) is 74.4 Å². The number of hydrogen-bond donors (Lipinski definition) is 1. The van der Waals surface area contributed by atoms with Gasteiger partial charge in [0.1, 0.15) is 0 Å². The van der Waals surface area contributed by atoms with Crippen molar-refractivity contribution < 1.29 is 9.34 Å². The second kappa shape index (κ2) is 7.36. The lowest BCUT2D eigenvalue weighted by Crippen LogP contribution is -2.08. The van der Waals surface area contributed by atoms with E-state index in [1.807, 2.05) is 43.3 Å². The molecule has 9 heteroatoms. The highest BCUT2D eigenvalue weighted by atomic mass is 32.1. The predicted molar refractivity (Wildman–Crippen MR) is 114 cm³/mol. The third-order valence-corrected chi connectivity index (χ3v) is 5.11. The highest BCUT2D eigenvalue weighted by Crippen LogP contribution is 2.30. The van der Waals surface area contributed by atoms with Crippen molar-refractivity contribution in [2.24, 2.45) is 0 Å². The Hall–Kier alpha value is -3.72. The van der Waals surface area contributed by atoms with E-state index in [4.69, 9.17) is 4.42 Å². The quantitative estimate of drug-likeness (QED) is 0.292. The summed E-state index contributed by atoms with van der Waals surface area (Å²) in [4.78, 5) is 29.5. The first kappa shape index (κ1) is 18.6. The summed E-state index contributed by atoms with van der Waals surface area (Å²) >= 11 is 1.35. The van der Waals surface area contributed by atoms with Gasteiger partial charge in [0.2, 0.25) is 5.58 Å². The molecule has 0 spiro atoms. The highest BCUT2D eigenvalue weighted by molar-refractivity contribution is 7.14. The first-order valence-corrected chi connectivity index (χ1v) is 9.52. The Morgan fingerprint density at radius 2 is 1.93 bits per heavy atom. The summed E-state index contributed by atoms with van der Waals surface area (Å²) in [6.07, 6.45) is 0. The van der Waals surface area contributed by atoms with Gasteiger partial charge in [-0.05, 0) is 30.3 Å². The fraction of sp³-hybridized carbons (Fsp3) is 0.100. The van der Waals surface area contributed by atoms with Crippen LogP contribution in [0, 0.1) is 10.1 Å². The van der Waals surface area contributed by atoms with E-state index in [0.29, 0.717) is 16.2 Å². The maximum absolute atomic E-state index is 12.4. The van der Waals surface area contributed by atoms with Crippen LogP contribution in [0.3, 0.4) is 0 Å². The Bertz CT molecular complexity index is 1260. The molecule has 2 heterocycles. The van der Waals surface area contributed by atoms with Gasteiger partial charge in [-0.3, -0.25) is 10.1 Å². The van der Waals surface area contributed by atoms with E-state index in [1.165, 1.54) is 17.4 Å². The molecule has 0 aliphatic heterocycles. The topological polar surface area (TPSA) is 102 Å². The van der Waals surface area contributed by atoms with Gasteiger partial charge in [0, 0.05) is 42.3 Å². The molecule has 0 aliphatic rings. The predicted octanol–water partition coefficient (Wildman–Crippen LogP) is 4.63. The Morgan fingerprint density at radius 1 is 1.17 bits per heavy atom. The number of thiazole rings is 1. The van der Waals surface area contributed by atoms with Crippen molar-refractivity contribution in [3.63, 3.8) is 0 Å². The van der Waals surface area contributed by atoms with E-state index in [-0.39, 0.29) is 16.8 Å². The fourth-order valence-corrected chi connectivity index (χ4v) is 3.60. The van der Waals surface area contributed by atoms with Crippen LogP contribution < -0.4 is 15.8 Å². The SMILES string of the molecule is CN(C)c1ccc(Nc2nc(-c3cc4cccc([N+](=O)[O-])c4oc3=O)cs2)cc1. The molecule has 0 saturated carbocycles. The first-order valence-electron chi connectivity index (χ1n) is 8.64. The van der Waals surface area contributed by atoms with Gasteiger partial charge in [0.05, 0.1) is 16.2 Å². The minimum Gasteiger partial charge on any atom is -0.415 e. The van der Waals surface area contributed by atoms with Crippen molar-refractivity contribution in [1.82, 2.24) is 4.98 Å². The standard InChI is InChI=1S/C20H16N4O4S/c1-23(2)14-8-6-13(7-9-14)21-20-22-16(11-29-20)15-10-12-4-3-5-17(24(26)27)18(12)28-19(15)25/h3-11H,1-2H3,(H,21,22). The molecule has 0 radical (unpaired) electrons. The molecule has 0 saturated heterocycles. The van der Waals surface area contributed by atoms with Gasteiger partial charge in [-0.25, -0.2) is 9.78 Å². The second-order valence-electron chi connectivity index (χ2n) is 6.50. The van der Waals surface area contributed by atoms with E-state index >= 15 is 0 Å². The Labute approximate surface area is 169 Å². The molecule has 0 aliphatic carbocycles. The van der Waals surface area contributed by atoms with E-state index in [2.05, 4.69) is 10.3 Å². The van der Waals surface area contributed by atoms with Crippen LogP contribution in [0.25, 0.3) is 22.2 Å². The molecule has 2 aromatic carbocycles. The zero-order valence-electron chi connectivity index (χ0n) is 15.6. The largest absolute Gasteiger partial charge is 0.415 e. The van der Waals surface area contributed by atoms with Gasteiger partial charge >= 0.3 is 11.3 Å². The van der Waals surface area contributed by atoms with Crippen molar-refractivity contribution >= 4 is 44.5 Å². The van der Waals surface area contributed by atoms with Crippen molar-refractivity contribution in [3.8, 4) is 11.3 Å². The molecule has 146 valence electrons. The summed E-state index contributed by atoms with van der Waals surface area (Å²) in [7, 11) is 3.94. The number of anilines is 3. The molecule has 0 atom stereocenters. The van der Waals surface area contributed by atoms with Gasteiger partial charge in [-0.2, -0.15) is 0 Å². The normalized spacial score (nSPS) is 10.8. The number of nitrogens with zero attached hydrogens (tertiary/aromatic N) is 3. The summed E-state index contributed by atoms with van der Waals surface area (Å²) in [5, 5.41) is 17.2. The van der Waals surface area contributed by atoms with Crippen LogP contribution >= 0.6 is 11.3 Å².